The minimum absolute atomic E-state index is 0.310. The zero-order valence-electron chi connectivity index (χ0n) is 20.9. The molecule has 6 aromatic carbocycles. The average molecular weight is 498 g/mol. The number of anilines is 2. The Balaban J connectivity index is 1.57. The third-order valence-corrected chi connectivity index (χ3v) is 6.99. The number of halogens is 2. The molecule has 38 heavy (non-hydrogen) atoms. The van der Waals surface area contributed by atoms with Gasteiger partial charge in [-0.15, -0.1) is 0 Å². The van der Waals surface area contributed by atoms with Gasteiger partial charge >= 0.3 is 0 Å². The van der Waals surface area contributed by atoms with Crippen molar-refractivity contribution in [2.24, 2.45) is 0 Å². The van der Waals surface area contributed by atoms with E-state index in [1.807, 2.05) is 60.7 Å². The lowest BCUT2D eigenvalue weighted by molar-refractivity contribution is 0.618. The van der Waals surface area contributed by atoms with Crippen molar-refractivity contribution in [2.45, 2.75) is 0 Å². The highest BCUT2D eigenvalue weighted by Crippen LogP contribution is 2.41. The second-order valence-electron chi connectivity index (χ2n) is 9.34. The van der Waals surface area contributed by atoms with Crippen LogP contribution in [-0.4, -0.2) is 7.05 Å². The molecule has 0 aliphatic carbocycles. The lowest BCUT2D eigenvalue weighted by Gasteiger charge is -2.25. The van der Waals surface area contributed by atoms with Gasteiger partial charge in [-0.2, -0.15) is 0 Å². The maximum Gasteiger partial charge on any atom is 0.148 e. The van der Waals surface area contributed by atoms with Gasteiger partial charge in [0.15, 0.2) is 0 Å². The van der Waals surface area contributed by atoms with Crippen LogP contribution in [0.3, 0.4) is 0 Å². The zero-order chi connectivity index (χ0) is 26.1. The number of benzene rings is 6. The van der Waals surface area contributed by atoms with Crippen molar-refractivity contribution in [3.8, 4) is 33.4 Å². The molecule has 0 N–H and O–H groups in total. The number of rotatable bonds is 5. The van der Waals surface area contributed by atoms with E-state index in [9.17, 15) is 4.39 Å². The molecule has 0 radical (unpaired) electrons. The lowest BCUT2D eigenvalue weighted by atomic mass is 9.92. The van der Waals surface area contributed by atoms with Crippen LogP contribution in [0.15, 0.2) is 133 Å². The number of fused-ring (bicyclic) bond motifs is 1. The molecular weight excluding hydrogens is 472 g/mol. The molecule has 0 amide bonds. The van der Waals surface area contributed by atoms with Crippen LogP contribution < -0.4 is 4.90 Å². The number of hydrogen-bond acceptors (Lipinski definition) is 1. The van der Waals surface area contributed by atoms with Crippen LogP contribution in [0.5, 0.6) is 0 Å². The topological polar surface area (TPSA) is 3.24 Å². The third kappa shape index (κ3) is 4.33. The predicted octanol–water partition coefficient (Wildman–Crippen LogP) is 9.89. The summed E-state index contributed by atoms with van der Waals surface area (Å²) in [5.74, 6) is -0.820. The standard InChI is InChI=1S/C35H25F2N/c1-38(34-20-8-7-19-32(34)36)35-31(22-28(23-33(35)37)24-11-3-2-4-12-24)27-16-9-15-26(21-27)30-18-10-14-25-13-5-6-17-29(25)30/h2-23H,1H3. The van der Waals surface area contributed by atoms with Crippen molar-refractivity contribution in [1.29, 1.82) is 0 Å². The van der Waals surface area contributed by atoms with Gasteiger partial charge in [-0.25, -0.2) is 8.78 Å². The Morgan fingerprint density at radius 1 is 0.474 bits per heavy atom. The first-order valence-corrected chi connectivity index (χ1v) is 12.6. The molecule has 0 aliphatic heterocycles. The monoisotopic (exact) mass is 497 g/mol. The molecule has 0 fully saturated rings. The van der Waals surface area contributed by atoms with Crippen molar-refractivity contribution >= 4 is 22.1 Å². The third-order valence-electron chi connectivity index (χ3n) is 6.99. The van der Waals surface area contributed by atoms with E-state index in [0.717, 1.165) is 38.6 Å². The SMILES string of the molecule is CN(c1ccccc1F)c1c(F)cc(-c2ccccc2)cc1-c1cccc(-c2cccc3ccccc23)c1. The van der Waals surface area contributed by atoms with Gasteiger partial charge in [0.2, 0.25) is 0 Å². The molecular formula is C35H25F2N. The Morgan fingerprint density at radius 3 is 1.92 bits per heavy atom. The van der Waals surface area contributed by atoms with E-state index < -0.39 is 11.6 Å². The summed E-state index contributed by atoms with van der Waals surface area (Å²) >= 11 is 0. The molecule has 0 aromatic heterocycles. The molecule has 0 atom stereocenters. The van der Waals surface area contributed by atoms with Crippen molar-refractivity contribution in [1.82, 2.24) is 0 Å². The number of nitrogens with zero attached hydrogens (tertiary/aromatic N) is 1. The maximum absolute atomic E-state index is 16.0. The fourth-order valence-corrected chi connectivity index (χ4v) is 5.13. The predicted molar refractivity (Wildman–Crippen MR) is 155 cm³/mol. The van der Waals surface area contributed by atoms with Crippen molar-refractivity contribution in [2.75, 3.05) is 11.9 Å². The van der Waals surface area contributed by atoms with Crippen LogP contribution in [0, 0.1) is 11.6 Å². The summed E-state index contributed by atoms with van der Waals surface area (Å²) in [6, 6.07) is 42.4. The molecule has 0 aliphatic rings. The zero-order valence-corrected chi connectivity index (χ0v) is 20.9. The summed E-state index contributed by atoms with van der Waals surface area (Å²) in [6.07, 6.45) is 0. The van der Waals surface area contributed by atoms with Crippen LogP contribution in [0.4, 0.5) is 20.2 Å². The summed E-state index contributed by atoms with van der Waals surface area (Å²) in [5.41, 5.74) is 5.99. The lowest BCUT2D eigenvalue weighted by Crippen LogP contribution is -2.14. The Kier molecular flexibility index (Phi) is 6.19. The first-order valence-electron chi connectivity index (χ1n) is 12.6. The molecule has 0 saturated heterocycles. The molecule has 0 unspecified atom stereocenters. The maximum atomic E-state index is 16.0. The van der Waals surface area contributed by atoms with E-state index >= 15 is 4.39 Å². The number of hydrogen-bond donors (Lipinski definition) is 0. The van der Waals surface area contributed by atoms with Gasteiger partial charge in [0.05, 0.1) is 11.4 Å². The summed E-state index contributed by atoms with van der Waals surface area (Å²) in [7, 11) is 1.71. The Labute approximate surface area is 221 Å². The normalized spacial score (nSPS) is 11.0. The van der Waals surface area contributed by atoms with Crippen LogP contribution in [0.2, 0.25) is 0 Å². The minimum Gasteiger partial charge on any atom is -0.339 e. The van der Waals surface area contributed by atoms with Gasteiger partial charge in [-0.05, 0) is 68.9 Å². The average Bonchev–Trinajstić information content (AvgIpc) is 2.97. The van der Waals surface area contributed by atoms with Crippen LogP contribution in [-0.2, 0) is 0 Å². The highest BCUT2D eigenvalue weighted by molar-refractivity contribution is 5.98. The smallest absolute Gasteiger partial charge is 0.148 e. The summed E-state index contributed by atoms with van der Waals surface area (Å²) in [5, 5.41) is 2.31. The van der Waals surface area contributed by atoms with Crippen molar-refractivity contribution in [3.05, 3.63) is 145 Å². The summed E-state index contributed by atoms with van der Waals surface area (Å²) in [4.78, 5) is 1.60. The van der Waals surface area contributed by atoms with Crippen LogP contribution in [0.1, 0.15) is 0 Å². The fourth-order valence-electron chi connectivity index (χ4n) is 5.13. The van der Waals surface area contributed by atoms with E-state index in [0.29, 0.717) is 16.9 Å². The first-order chi connectivity index (χ1) is 18.6. The van der Waals surface area contributed by atoms with Gasteiger partial charge in [0.1, 0.15) is 11.6 Å². The van der Waals surface area contributed by atoms with Gasteiger partial charge in [0.25, 0.3) is 0 Å². The molecule has 0 saturated carbocycles. The quantitative estimate of drug-likeness (QED) is 0.229. The van der Waals surface area contributed by atoms with E-state index in [1.165, 1.54) is 12.1 Å². The van der Waals surface area contributed by atoms with Crippen molar-refractivity contribution in [3.63, 3.8) is 0 Å². The highest BCUT2D eigenvalue weighted by atomic mass is 19.1. The Hall–Kier alpha value is -4.76. The summed E-state index contributed by atoms with van der Waals surface area (Å²) in [6.45, 7) is 0. The molecule has 6 rings (SSSR count). The Bertz CT molecular complexity index is 1750. The molecule has 3 heteroatoms. The molecule has 0 bridgehead atoms. The van der Waals surface area contributed by atoms with E-state index in [2.05, 4.69) is 42.5 Å². The molecule has 184 valence electrons. The van der Waals surface area contributed by atoms with Crippen molar-refractivity contribution < 1.29 is 8.78 Å². The van der Waals surface area contributed by atoms with Crippen LogP contribution in [0.25, 0.3) is 44.2 Å². The van der Waals surface area contributed by atoms with E-state index in [4.69, 9.17) is 0 Å². The second kappa shape index (κ2) is 9.95. The van der Waals surface area contributed by atoms with Gasteiger partial charge in [0, 0.05) is 12.6 Å². The summed E-state index contributed by atoms with van der Waals surface area (Å²) < 4.78 is 30.8. The fraction of sp³-hybridized carbons (Fsp3) is 0.0286. The first kappa shape index (κ1) is 23.6. The molecule has 0 heterocycles. The Morgan fingerprint density at radius 2 is 1.11 bits per heavy atom. The largest absolute Gasteiger partial charge is 0.339 e. The van der Waals surface area contributed by atoms with E-state index in [1.54, 1.807) is 30.1 Å². The van der Waals surface area contributed by atoms with Gasteiger partial charge in [-0.3, -0.25) is 0 Å². The van der Waals surface area contributed by atoms with Gasteiger partial charge in [-0.1, -0.05) is 103 Å². The molecule has 6 aromatic rings. The molecule has 1 nitrogen and oxygen atoms in total. The van der Waals surface area contributed by atoms with E-state index in [-0.39, 0.29) is 0 Å². The number of para-hydroxylation sites is 1. The molecule has 0 spiro atoms. The van der Waals surface area contributed by atoms with Gasteiger partial charge < -0.3 is 4.90 Å². The minimum atomic E-state index is -0.414. The highest BCUT2D eigenvalue weighted by Gasteiger charge is 2.20. The second-order valence-corrected chi connectivity index (χ2v) is 9.34. The van der Waals surface area contributed by atoms with Crippen LogP contribution >= 0.6 is 0 Å².